The normalized spacial score (nSPS) is 12.9. The summed E-state index contributed by atoms with van der Waals surface area (Å²) in [5.74, 6) is 1.55. The SMILES string of the molecule is COc1ccc(CCNCCCN2COc3ccc([N+](=O)[O-])cc3C2=O)cc1OC. The van der Waals surface area contributed by atoms with E-state index in [2.05, 4.69) is 5.32 Å². The van der Waals surface area contributed by atoms with E-state index in [-0.39, 0.29) is 23.9 Å². The molecule has 2 aromatic carbocycles. The van der Waals surface area contributed by atoms with E-state index < -0.39 is 4.92 Å². The van der Waals surface area contributed by atoms with Crippen molar-refractivity contribution in [2.45, 2.75) is 12.8 Å². The van der Waals surface area contributed by atoms with Gasteiger partial charge in [-0.2, -0.15) is 0 Å². The number of nitro groups is 1. The summed E-state index contributed by atoms with van der Waals surface area (Å²) >= 11 is 0. The highest BCUT2D eigenvalue weighted by molar-refractivity contribution is 5.98. The zero-order chi connectivity index (χ0) is 21.5. The molecule has 1 N–H and O–H groups in total. The van der Waals surface area contributed by atoms with Gasteiger partial charge in [-0.15, -0.1) is 0 Å². The Hall–Kier alpha value is -3.33. The largest absolute Gasteiger partial charge is 0.493 e. The third-order valence-electron chi connectivity index (χ3n) is 4.89. The van der Waals surface area contributed by atoms with Crippen molar-refractivity contribution in [2.75, 3.05) is 40.6 Å². The number of non-ortho nitro benzene ring substituents is 1. The number of carbonyl (C=O) groups excluding carboxylic acids is 1. The number of hydrogen-bond donors (Lipinski definition) is 1. The monoisotopic (exact) mass is 415 g/mol. The number of fused-ring (bicyclic) bond motifs is 1. The summed E-state index contributed by atoms with van der Waals surface area (Å²) in [6, 6.07) is 9.93. The molecule has 9 nitrogen and oxygen atoms in total. The van der Waals surface area contributed by atoms with E-state index in [0.29, 0.717) is 23.8 Å². The molecule has 0 atom stereocenters. The van der Waals surface area contributed by atoms with E-state index in [1.807, 2.05) is 18.2 Å². The van der Waals surface area contributed by atoms with Crippen LogP contribution in [0.5, 0.6) is 17.2 Å². The van der Waals surface area contributed by atoms with E-state index in [9.17, 15) is 14.9 Å². The van der Waals surface area contributed by atoms with E-state index in [1.54, 1.807) is 19.1 Å². The molecule has 0 saturated carbocycles. The van der Waals surface area contributed by atoms with Crippen LogP contribution in [0.4, 0.5) is 5.69 Å². The summed E-state index contributed by atoms with van der Waals surface area (Å²) in [6.07, 6.45) is 1.58. The Morgan fingerprint density at radius 3 is 2.67 bits per heavy atom. The molecule has 2 aromatic rings. The molecule has 1 aliphatic rings. The molecule has 9 heteroatoms. The fourth-order valence-corrected chi connectivity index (χ4v) is 3.26. The maximum Gasteiger partial charge on any atom is 0.270 e. The molecule has 1 heterocycles. The van der Waals surface area contributed by atoms with Gasteiger partial charge >= 0.3 is 0 Å². The van der Waals surface area contributed by atoms with Crippen molar-refractivity contribution in [1.29, 1.82) is 0 Å². The lowest BCUT2D eigenvalue weighted by atomic mass is 10.1. The van der Waals surface area contributed by atoms with Gasteiger partial charge < -0.3 is 24.4 Å². The lowest BCUT2D eigenvalue weighted by Crippen LogP contribution is -2.40. The number of nitro benzene ring substituents is 1. The van der Waals surface area contributed by atoms with Crippen LogP contribution in [0.25, 0.3) is 0 Å². The van der Waals surface area contributed by atoms with Crippen molar-refractivity contribution in [3.63, 3.8) is 0 Å². The molecule has 0 aromatic heterocycles. The second kappa shape index (κ2) is 9.93. The summed E-state index contributed by atoms with van der Waals surface area (Å²) in [5, 5.41) is 14.3. The average molecular weight is 415 g/mol. The standard InChI is InChI=1S/C21H25N3O6/c1-28-19-6-4-15(12-20(19)29-2)8-10-22-9-3-11-23-14-30-18-7-5-16(24(26)27)13-17(18)21(23)25/h4-7,12-13,22H,3,8-11,14H2,1-2H3. The van der Waals surface area contributed by atoms with Gasteiger partial charge in [-0.3, -0.25) is 14.9 Å². The van der Waals surface area contributed by atoms with E-state index in [1.165, 1.54) is 18.2 Å². The predicted octanol–water partition coefficient (Wildman–Crippen LogP) is 2.63. The fourth-order valence-electron chi connectivity index (χ4n) is 3.26. The zero-order valence-electron chi connectivity index (χ0n) is 17.1. The molecule has 0 bridgehead atoms. The topological polar surface area (TPSA) is 103 Å². The molecule has 0 fully saturated rings. The van der Waals surface area contributed by atoms with Gasteiger partial charge in [0, 0.05) is 18.7 Å². The van der Waals surface area contributed by atoms with Gasteiger partial charge in [0.15, 0.2) is 18.2 Å². The Morgan fingerprint density at radius 1 is 1.13 bits per heavy atom. The summed E-state index contributed by atoms with van der Waals surface area (Å²) in [7, 11) is 3.22. The minimum Gasteiger partial charge on any atom is -0.493 e. The van der Waals surface area contributed by atoms with Crippen molar-refractivity contribution < 1.29 is 23.9 Å². The van der Waals surface area contributed by atoms with Crippen LogP contribution >= 0.6 is 0 Å². The first-order valence-electron chi connectivity index (χ1n) is 9.65. The molecular weight excluding hydrogens is 390 g/mol. The Morgan fingerprint density at radius 2 is 1.93 bits per heavy atom. The number of benzene rings is 2. The molecule has 0 saturated heterocycles. The van der Waals surface area contributed by atoms with Gasteiger partial charge in [-0.05, 0) is 49.7 Å². The van der Waals surface area contributed by atoms with Crippen LogP contribution in [0.1, 0.15) is 22.3 Å². The molecule has 30 heavy (non-hydrogen) atoms. The minimum absolute atomic E-state index is 0.121. The average Bonchev–Trinajstić information content (AvgIpc) is 2.77. The summed E-state index contributed by atoms with van der Waals surface area (Å²) in [5.41, 5.74) is 1.25. The summed E-state index contributed by atoms with van der Waals surface area (Å²) < 4.78 is 16.1. The number of carbonyl (C=O) groups is 1. The fraction of sp³-hybridized carbons (Fsp3) is 0.381. The minimum atomic E-state index is -0.519. The second-order valence-corrected chi connectivity index (χ2v) is 6.82. The van der Waals surface area contributed by atoms with E-state index in [0.717, 1.165) is 31.5 Å². The van der Waals surface area contributed by atoms with Crippen molar-refractivity contribution in [3.8, 4) is 17.2 Å². The Bertz CT molecular complexity index is 918. The molecule has 0 radical (unpaired) electrons. The number of methoxy groups -OCH3 is 2. The lowest BCUT2D eigenvalue weighted by molar-refractivity contribution is -0.384. The highest BCUT2D eigenvalue weighted by atomic mass is 16.6. The Labute approximate surface area is 174 Å². The van der Waals surface area contributed by atoms with Crippen LogP contribution in [0, 0.1) is 10.1 Å². The number of rotatable bonds is 10. The molecule has 160 valence electrons. The Balaban J connectivity index is 1.42. The van der Waals surface area contributed by atoms with Crippen LogP contribution in [-0.2, 0) is 6.42 Å². The predicted molar refractivity (Wildman–Crippen MR) is 110 cm³/mol. The number of amides is 1. The highest BCUT2D eigenvalue weighted by Crippen LogP contribution is 2.29. The van der Waals surface area contributed by atoms with E-state index >= 15 is 0 Å². The van der Waals surface area contributed by atoms with Crippen LogP contribution < -0.4 is 19.5 Å². The number of nitrogens with one attached hydrogen (secondary N) is 1. The summed E-state index contributed by atoms with van der Waals surface area (Å²) in [4.78, 5) is 24.6. The number of hydrogen-bond acceptors (Lipinski definition) is 7. The van der Waals surface area contributed by atoms with Gasteiger partial charge in [-0.1, -0.05) is 6.07 Å². The maximum atomic E-state index is 12.6. The van der Waals surface area contributed by atoms with Gasteiger partial charge in [0.1, 0.15) is 5.75 Å². The van der Waals surface area contributed by atoms with Crippen molar-refractivity contribution in [1.82, 2.24) is 10.2 Å². The third-order valence-corrected chi connectivity index (χ3v) is 4.89. The quantitative estimate of drug-likeness (QED) is 0.361. The first kappa shape index (κ1) is 21.4. The Kier molecular flexibility index (Phi) is 7.08. The van der Waals surface area contributed by atoms with Crippen molar-refractivity contribution in [2.24, 2.45) is 0 Å². The second-order valence-electron chi connectivity index (χ2n) is 6.82. The molecule has 0 spiro atoms. The molecule has 1 aliphatic heterocycles. The number of ether oxygens (including phenoxy) is 3. The van der Waals surface area contributed by atoms with Crippen molar-refractivity contribution in [3.05, 3.63) is 57.6 Å². The first-order valence-corrected chi connectivity index (χ1v) is 9.65. The molecule has 0 aliphatic carbocycles. The highest BCUT2D eigenvalue weighted by Gasteiger charge is 2.27. The maximum absolute atomic E-state index is 12.6. The zero-order valence-corrected chi connectivity index (χ0v) is 17.1. The van der Waals surface area contributed by atoms with Gasteiger partial charge in [0.2, 0.25) is 0 Å². The van der Waals surface area contributed by atoms with E-state index in [4.69, 9.17) is 14.2 Å². The van der Waals surface area contributed by atoms with Gasteiger partial charge in [0.05, 0.1) is 24.7 Å². The smallest absolute Gasteiger partial charge is 0.270 e. The molecule has 1 amide bonds. The molecular formula is C21H25N3O6. The third kappa shape index (κ3) is 4.98. The molecule has 0 unspecified atom stereocenters. The van der Waals surface area contributed by atoms with Gasteiger partial charge in [-0.25, -0.2) is 0 Å². The van der Waals surface area contributed by atoms with Gasteiger partial charge in [0.25, 0.3) is 11.6 Å². The van der Waals surface area contributed by atoms with Crippen molar-refractivity contribution >= 4 is 11.6 Å². The number of nitrogens with zero attached hydrogens (tertiary/aromatic N) is 2. The first-order chi connectivity index (χ1) is 14.5. The molecule has 3 rings (SSSR count). The van der Waals surface area contributed by atoms with Crippen LogP contribution in [0.15, 0.2) is 36.4 Å². The van der Waals surface area contributed by atoms with Crippen LogP contribution in [0.3, 0.4) is 0 Å². The van der Waals surface area contributed by atoms with Crippen LogP contribution in [0.2, 0.25) is 0 Å². The summed E-state index contributed by atoms with van der Waals surface area (Å²) in [6.45, 7) is 2.17. The van der Waals surface area contributed by atoms with Crippen LogP contribution in [-0.4, -0.2) is 56.3 Å². The lowest BCUT2D eigenvalue weighted by Gasteiger charge is -2.28.